The third-order valence-electron chi connectivity index (χ3n) is 4.50. The number of nitrogens with one attached hydrogen (secondary N) is 1. The fourth-order valence-electron chi connectivity index (χ4n) is 3.22. The van der Waals surface area contributed by atoms with Gasteiger partial charge in [-0.05, 0) is 26.0 Å². The average molecular weight is 381 g/mol. The average Bonchev–Trinajstić information content (AvgIpc) is 3.21. The highest BCUT2D eigenvalue weighted by Gasteiger charge is 2.28. The minimum absolute atomic E-state index is 0.139. The van der Waals surface area contributed by atoms with E-state index in [0.717, 1.165) is 11.3 Å². The van der Waals surface area contributed by atoms with Gasteiger partial charge in [-0.25, -0.2) is 14.4 Å². The van der Waals surface area contributed by atoms with Crippen LogP contribution in [0.15, 0.2) is 41.1 Å². The summed E-state index contributed by atoms with van der Waals surface area (Å²) in [6, 6.07) is 7.92. The van der Waals surface area contributed by atoms with Crippen LogP contribution in [0.3, 0.4) is 0 Å². The number of carbonyl (C=O) groups is 1. The van der Waals surface area contributed by atoms with Crippen molar-refractivity contribution in [2.75, 3.05) is 11.9 Å². The monoisotopic (exact) mass is 381 g/mol. The van der Waals surface area contributed by atoms with Crippen molar-refractivity contribution in [3.8, 4) is 11.4 Å². The summed E-state index contributed by atoms with van der Waals surface area (Å²) in [7, 11) is 0. The normalized spacial score (nSPS) is 13.5. The number of carbonyl (C=O) groups excluding carboxylic acids is 1. The van der Waals surface area contributed by atoms with Gasteiger partial charge in [-0.1, -0.05) is 17.3 Å². The lowest BCUT2D eigenvalue weighted by atomic mass is 10.0. The summed E-state index contributed by atoms with van der Waals surface area (Å²) in [6.45, 7) is 4.90. The van der Waals surface area contributed by atoms with Crippen molar-refractivity contribution in [2.24, 2.45) is 0 Å². The number of hydrogen-bond acceptors (Lipinski definition) is 6. The van der Waals surface area contributed by atoms with E-state index in [1.807, 2.05) is 13.8 Å². The zero-order chi connectivity index (χ0) is 19.7. The van der Waals surface area contributed by atoms with E-state index in [1.54, 1.807) is 23.1 Å². The maximum Gasteiger partial charge on any atom is 0.292 e. The molecule has 1 N–H and O–H groups in total. The van der Waals surface area contributed by atoms with Crippen molar-refractivity contribution in [1.29, 1.82) is 0 Å². The lowest BCUT2D eigenvalue weighted by Crippen LogP contribution is -2.37. The highest BCUT2D eigenvalue weighted by molar-refractivity contribution is 5.91. The molecule has 0 radical (unpaired) electrons. The minimum Gasteiger partial charge on any atom is -0.367 e. The van der Waals surface area contributed by atoms with E-state index < -0.39 is 0 Å². The summed E-state index contributed by atoms with van der Waals surface area (Å²) >= 11 is 0. The molecule has 3 aromatic rings. The van der Waals surface area contributed by atoms with Crippen LogP contribution in [-0.2, 0) is 13.0 Å². The van der Waals surface area contributed by atoms with Crippen molar-refractivity contribution >= 4 is 11.7 Å². The number of benzene rings is 1. The van der Waals surface area contributed by atoms with Crippen molar-refractivity contribution in [1.82, 2.24) is 20.0 Å². The van der Waals surface area contributed by atoms with Crippen molar-refractivity contribution in [3.05, 3.63) is 59.4 Å². The SMILES string of the molecule is CC(C)Nc1nc(-c2cccc(F)c2)nc2c1CN(C(=O)c1ccno1)CC2. The summed E-state index contributed by atoms with van der Waals surface area (Å²) in [5.74, 6) is 0.790. The molecular formula is C20H20FN5O2. The Morgan fingerprint density at radius 2 is 2.14 bits per heavy atom. The highest BCUT2D eigenvalue weighted by Crippen LogP contribution is 2.28. The Hall–Kier alpha value is -3.29. The van der Waals surface area contributed by atoms with Crippen LogP contribution in [0.25, 0.3) is 11.4 Å². The lowest BCUT2D eigenvalue weighted by molar-refractivity contribution is 0.0691. The van der Waals surface area contributed by atoms with Gasteiger partial charge in [0.15, 0.2) is 5.82 Å². The number of aromatic nitrogens is 3. The van der Waals surface area contributed by atoms with Gasteiger partial charge in [-0.15, -0.1) is 0 Å². The first kappa shape index (κ1) is 18.1. The number of halogens is 1. The molecule has 0 fully saturated rings. The lowest BCUT2D eigenvalue weighted by Gasteiger charge is -2.29. The molecule has 0 saturated carbocycles. The zero-order valence-corrected chi connectivity index (χ0v) is 15.6. The first-order chi connectivity index (χ1) is 13.5. The summed E-state index contributed by atoms with van der Waals surface area (Å²) in [4.78, 5) is 23.6. The van der Waals surface area contributed by atoms with Crippen molar-refractivity contribution in [2.45, 2.75) is 32.9 Å². The Bertz CT molecular complexity index is 1000. The summed E-state index contributed by atoms with van der Waals surface area (Å²) in [5, 5.41) is 6.93. The molecule has 1 aromatic carbocycles. The molecule has 1 aliphatic heterocycles. The number of nitrogens with zero attached hydrogens (tertiary/aromatic N) is 4. The van der Waals surface area contributed by atoms with Gasteiger partial charge >= 0.3 is 0 Å². The number of amides is 1. The first-order valence-corrected chi connectivity index (χ1v) is 9.13. The van der Waals surface area contributed by atoms with Gasteiger partial charge in [0.05, 0.1) is 18.4 Å². The van der Waals surface area contributed by atoms with Crippen LogP contribution >= 0.6 is 0 Å². The maximum absolute atomic E-state index is 13.6. The van der Waals surface area contributed by atoms with E-state index in [2.05, 4.69) is 20.4 Å². The van der Waals surface area contributed by atoms with Gasteiger partial charge in [0.1, 0.15) is 11.6 Å². The van der Waals surface area contributed by atoms with E-state index in [-0.39, 0.29) is 23.5 Å². The molecule has 144 valence electrons. The van der Waals surface area contributed by atoms with Crippen LogP contribution in [0, 0.1) is 5.82 Å². The predicted octanol–water partition coefficient (Wildman–Crippen LogP) is 3.29. The molecular weight excluding hydrogens is 361 g/mol. The van der Waals surface area contributed by atoms with E-state index in [1.165, 1.54) is 18.3 Å². The maximum atomic E-state index is 13.6. The molecule has 0 saturated heterocycles. The molecule has 1 amide bonds. The van der Waals surface area contributed by atoms with Crippen LogP contribution < -0.4 is 5.32 Å². The fraction of sp³-hybridized carbons (Fsp3) is 0.300. The quantitative estimate of drug-likeness (QED) is 0.747. The largest absolute Gasteiger partial charge is 0.367 e. The Morgan fingerprint density at radius 3 is 2.86 bits per heavy atom. The van der Waals surface area contributed by atoms with Crippen LogP contribution in [0.5, 0.6) is 0 Å². The second kappa shape index (κ2) is 7.38. The highest BCUT2D eigenvalue weighted by atomic mass is 19.1. The molecule has 0 aliphatic carbocycles. The van der Waals surface area contributed by atoms with E-state index in [4.69, 9.17) is 4.52 Å². The van der Waals surface area contributed by atoms with Crippen LogP contribution in [-0.4, -0.2) is 38.5 Å². The predicted molar refractivity (Wildman–Crippen MR) is 101 cm³/mol. The molecule has 0 spiro atoms. The number of rotatable bonds is 4. The molecule has 7 nitrogen and oxygen atoms in total. The van der Waals surface area contributed by atoms with Crippen LogP contribution in [0.1, 0.15) is 35.7 Å². The van der Waals surface area contributed by atoms with Crippen LogP contribution in [0.2, 0.25) is 0 Å². The summed E-state index contributed by atoms with van der Waals surface area (Å²) in [5.41, 5.74) is 2.35. The Balaban J connectivity index is 1.71. The number of fused-ring (bicyclic) bond motifs is 1. The first-order valence-electron chi connectivity index (χ1n) is 9.13. The molecule has 28 heavy (non-hydrogen) atoms. The molecule has 0 unspecified atom stereocenters. The molecule has 3 heterocycles. The van der Waals surface area contributed by atoms with Gasteiger partial charge in [0.25, 0.3) is 5.91 Å². The molecule has 2 aromatic heterocycles. The zero-order valence-electron chi connectivity index (χ0n) is 15.6. The van der Waals surface area contributed by atoms with Crippen molar-refractivity contribution in [3.63, 3.8) is 0 Å². The van der Waals surface area contributed by atoms with E-state index in [0.29, 0.717) is 36.7 Å². The molecule has 0 atom stereocenters. The third kappa shape index (κ3) is 3.58. The number of hydrogen-bond donors (Lipinski definition) is 1. The molecule has 4 rings (SSSR count). The van der Waals surface area contributed by atoms with Crippen LogP contribution in [0.4, 0.5) is 10.2 Å². The van der Waals surface area contributed by atoms with Gasteiger partial charge in [-0.2, -0.15) is 0 Å². The number of anilines is 1. The van der Waals surface area contributed by atoms with E-state index >= 15 is 0 Å². The fourth-order valence-corrected chi connectivity index (χ4v) is 3.22. The third-order valence-corrected chi connectivity index (χ3v) is 4.50. The second-order valence-corrected chi connectivity index (χ2v) is 6.98. The topological polar surface area (TPSA) is 84.2 Å². The Labute approximate surface area is 161 Å². The summed E-state index contributed by atoms with van der Waals surface area (Å²) < 4.78 is 18.6. The molecule has 0 bridgehead atoms. The van der Waals surface area contributed by atoms with Crippen molar-refractivity contribution < 1.29 is 13.7 Å². The van der Waals surface area contributed by atoms with Gasteiger partial charge in [-0.3, -0.25) is 4.79 Å². The standard InChI is InChI=1S/C20H20FN5O2/c1-12(2)23-19-15-11-26(20(27)17-6-8-22-28-17)9-7-16(15)24-18(25-19)13-4-3-5-14(21)10-13/h3-6,8,10,12H,7,9,11H2,1-2H3,(H,23,24,25). The summed E-state index contributed by atoms with van der Waals surface area (Å²) in [6.07, 6.45) is 2.03. The molecule has 1 aliphatic rings. The van der Waals surface area contributed by atoms with Gasteiger partial charge in [0.2, 0.25) is 5.76 Å². The van der Waals surface area contributed by atoms with Gasteiger partial charge in [0, 0.05) is 36.2 Å². The second-order valence-electron chi connectivity index (χ2n) is 6.98. The Morgan fingerprint density at radius 1 is 1.29 bits per heavy atom. The Kier molecular flexibility index (Phi) is 4.77. The minimum atomic E-state index is -0.332. The van der Waals surface area contributed by atoms with E-state index in [9.17, 15) is 9.18 Å². The van der Waals surface area contributed by atoms with Gasteiger partial charge < -0.3 is 14.7 Å². The molecule has 8 heteroatoms. The smallest absolute Gasteiger partial charge is 0.292 e.